The van der Waals surface area contributed by atoms with Crippen LogP contribution in [0.4, 0.5) is 17.6 Å². The number of aromatic nitrogens is 1. The highest BCUT2D eigenvalue weighted by Gasteiger charge is 2.34. The van der Waals surface area contributed by atoms with Crippen LogP contribution in [0.25, 0.3) is 11.1 Å². The lowest BCUT2D eigenvalue weighted by Gasteiger charge is -2.12. The monoisotopic (exact) mass is 257 g/mol. The van der Waals surface area contributed by atoms with E-state index in [-0.39, 0.29) is 11.1 Å². The fourth-order valence-electron chi connectivity index (χ4n) is 1.57. The molecule has 0 bridgehead atoms. The Morgan fingerprint density at radius 2 is 1.56 bits per heavy atom. The minimum absolute atomic E-state index is 0.181. The van der Waals surface area contributed by atoms with Crippen LogP contribution in [-0.2, 0) is 6.18 Å². The first-order valence-electron chi connectivity index (χ1n) is 4.94. The maximum atomic E-state index is 12.7. The molecule has 0 saturated carbocycles. The summed E-state index contributed by atoms with van der Waals surface area (Å²) in [5, 5.41) is 0. The van der Waals surface area contributed by atoms with Crippen LogP contribution in [0.1, 0.15) is 5.69 Å². The summed E-state index contributed by atoms with van der Waals surface area (Å²) in [6, 6.07) is 6.61. The predicted molar refractivity (Wildman–Crippen MR) is 57.5 cm³/mol. The number of hydrogen-bond donors (Lipinski definition) is 1. The average molecular weight is 257 g/mol. The van der Waals surface area contributed by atoms with Crippen molar-refractivity contribution < 1.29 is 17.6 Å². The molecule has 0 saturated heterocycles. The van der Waals surface area contributed by atoms with Gasteiger partial charge < -0.3 is 4.98 Å². The van der Waals surface area contributed by atoms with E-state index in [2.05, 4.69) is 0 Å². The molecule has 0 fully saturated rings. The lowest BCUT2D eigenvalue weighted by molar-refractivity contribution is -0.140. The molecule has 1 N–H and O–H groups in total. The molecule has 1 heterocycles. The Kier molecular flexibility index (Phi) is 2.94. The Hall–Kier alpha value is -2.11. The summed E-state index contributed by atoms with van der Waals surface area (Å²) in [4.78, 5) is 12.7. The summed E-state index contributed by atoms with van der Waals surface area (Å²) < 4.78 is 51.0. The minimum atomic E-state index is -4.68. The third-order valence-electron chi connectivity index (χ3n) is 2.36. The number of H-pyrrole nitrogens is 1. The van der Waals surface area contributed by atoms with Gasteiger partial charge in [-0.2, -0.15) is 13.2 Å². The lowest BCUT2D eigenvalue weighted by atomic mass is 10.0. The number of nitrogens with one attached hydrogen (secondary N) is 1. The molecule has 94 valence electrons. The first kappa shape index (κ1) is 12.3. The minimum Gasteiger partial charge on any atom is -0.318 e. The van der Waals surface area contributed by atoms with Crippen molar-refractivity contribution in [2.45, 2.75) is 6.18 Å². The van der Waals surface area contributed by atoms with E-state index in [1.54, 1.807) is 4.98 Å². The second-order valence-electron chi connectivity index (χ2n) is 3.62. The zero-order chi connectivity index (χ0) is 13.3. The van der Waals surface area contributed by atoms with Crippen LogP contribution in [0, 0.1) is 5.82 Å². The largest absolute Gasteiger partial charge is 0.431 e. The molecular formula is C12H7F4NO. The lowest BCUT2D eigenvalue weighted by Crippen LogP contribution is -2.17. The number of aromatic amines is 1. The smallest absolute Gasteiger partial charge is 0.318 e. The van der Waals surface area contributed by atoms with Gasteiger partial charge in [0.1, 0.15) is 11.5 Å². The maximum absolute atomic E-state index is 12.7. The summed E-state index contributed by atoms with van der Waals surface area (Å²) in [5.74, 6) is -0.545. The van der Waals surface area contributed by atoms with Gasteiger partial charge in [-0.05, 0) is 23.8 Å². The Morgan fingerprint density at radius 1 is 0.944 bits per heavy atom. The fourth-order valence-corrected chi connectivity index (χ4v) is 1.57. The molecule has 0 aliphatic carbocycles. The average Bonchev–Trinajstić information content (AvgIpc) is 2.29. The van der Waals surface area contributed by atoms with Crippen LogP contribution in [0.5, 0.6) is 0 Å². The van der Waals surface area contributed by atoms with Crippen molar-refractivity contribution in [3.05, 3.63) is 58.3 Å². The quantitative estimate of drug-likeness (QED) is 0.782. The van der Waals surface area contributed by atoms with Crippen LogP contribution in [-0.4, -0.2) is 4.98 Å². The van der Waals surface area contributed by atoms with Crippen molar-refractivity contribution in [3.63, 3.8) is 0 Å². The van der Waals surface area contributed by atoms with Crippen LogP contribution in [0.3, 0.4) is 0 Å². The molecule has 0 aliphatic rings. The van der Waals surface area contributed by atoms with Gasteiger partial charge >= 0.3 is 6.18 Å². The van der Waals surface area contributed by atoms with Gasteiger partial charge in [-0.15, -0.1) is 0 Å². The van der Waals surface area contributed by atoms with Crippen LogP contribution < -0.4 is 5.56 Å². The van der Waals surface area contributed by atoms with Crippen molar-refractivity contribution >= 4 is 0 Å². The van der Waals surface area contributed by atoms with Gasteiger partial charge in [0.2, 0.25) is 5.56 Å². The maximum Gasteiger partial charge on any atom is 0.431 e. The van der Waals surface area contributed by atoms with E-state index >= 15 is 0 Å². The van der Waals surface area contributed by atoms with E-state index in [4.69, 9.17) is 0 Å². The van der Waals surface area contributed by atoms with E-state index in [1.165, 1.54) is 12.1 Å². The molecular weight excluding hydrogens is 250 g/mol. The fraction of sp³-hybridized carbons (Fsp3) is 0.0833. The van der Waals surface area contributed by atoms with E-state index in [1.807, 2.05) is 0 Å². The molecule has 2 rings (SSSR count). The summed E-state index contributed by atoms with van der Waals surface area (Å²) in [6.07, 6.45) is -4.68. The summed E-state index contributed by atoms with van der Waals surface area (Å²) in [5.41, 5.74) is -1.99. The first-order valence-corrected chi connectivity index (χ1v) is 4.94. The Labute approximate surface area is 98.9 Å². The van der Waals surface area contributed by atoms with Gasteiger partial charge in [-0.3, -0.25) is 4.79 Å². The van der Waals surface area contributed by atoms with Crippen molar-refractivity contribution in [3.8, 4) is 11.1 Å². The van der Waals surface area contributed by atoms with Crippen molar-refractivity contribution in [2.75, 3.05) is 0 Å². The zero-order valence-electron chi connectivity index (χ0n) is 8.88. The third kappa shape index (κ3) is 2.42. The van der Waals surface area contributed by atoms with Gasteiger partial charge in [0.15, 0.2) is 0 Å². The number of halogens is 4. The Bertz CT molecular complexity index is 613. The molecule has 0 unspecified atom stereocenters. The van der Waals surface area contributed by atoms with E-state index in [0.717, 1.165) is 24.3 Å². The number of benzene rings is 1. The summed E-state index contributed by atoms with van der Waals surface area (Å²) >= 11 is 0. The summed E-state index contributed by atoms with van der Waals surface area (Å²) in [7, 11) is 0. The number of hydrogen-bond acceptors (Lipinski definition) is 1. The van der Waals surface area contributed by atoms with Gasteiger partial charge in [0, 0.05) is 11.6 Å². The molecule has 1 aromatic heterocycles. The highest BCUT2D eigenvalue weighted by molar-refractivity contribution is 5.66. The van der Waals surface area contributed by atoms with Gasteiger partial charge in [0.05, 0.1) is 0 Å². The highest BCUT2D eigenvalue weighted by Crippen LogP contribution is 2.34. The summed E-state index contributed by atoms with van der Waals surface area (Å²) in [6.45, 7) is 0. The first-order chi connectivity index (χ1) is 8.38. The van der Waals surface area contributed by atoms with Gasteiger partial charge in [-0.1, -0.05) is 12.1 Å². The molecule has 2 nitrogen and oxygen atoms in total. The topological polar surface area (TPSA) is 32.9 Å². The van der Waals surface area contributed by atoms with Crippen molar-refractivity contribution in [1.82, 2.24) is 4.98 Å². The molecule has 2 aromatic rings. The molecule has 0 aliphatic heterocycles. The molecule has 0 spiro atoms. The number of pyridine rings is 1. The van der Waals surface area contributed by atoms with Crippen LogP contribution in [0.2, 0.25) is 0 Å². The standard InChI is InChI=1S/C12H7F4NO/c13-8-3-1-7(2-4-8)9-5-6-10(18)17-11(9)12(14,15)16/h1-6H,(H,17,18). The molecule has 0 atom stereocenters. The van der Waals surface area contributed by atoms with Crippen LogP contribution >= 0.6 is 0 Å². The molecule has 18 heavy (non-hydrogen) atoms. The van der Waals surface area contributed by atoms with E-state index in [0.29, 0.717) is 0 Å². The Balaban J connectivity index is 2.64. The zero-order valence-corrected chi connectivity index (χ0v) is 8.88. The van der Waals surface area contributed by atoms with Crippen molar-refractivity contribution in [1.29, 1.82) is 0 Å². The second-order valence-corrected chi connectivity index (χ2v) is 3.62. The molecule has 1 aromatic carbocycles. The van der Waals surface area contributed by atoms with Crippen LogP contribution in [0.15, 0.2) is 41.2 Å². The normalized spacial score (nSPS) is 11.6. The predicted octanol–water partition coefficient (Wildman–Crippen LogP) is 3.20. The molecule has 0 amide bonds. The van der Waals surface area contributed by atoms with Gasteiger partial charge in [-0.25, -0.2) is 4.39 Å². The third-order valence-corrected chi connectivity index (χ3v) is 2.36. The molecule has 0 radical (unpaired) electrons. The number of rotatable bonds is 1. The second kappa shape index (κ2) is 4.29. The van der Waals surface area contributed by atoms with E-state index in [9.17, 15) is 22.4 Å². The Morgan fingerprint density at radius 3 is 2.11 bits per heavy atom. The SMILES string of the molecule is O=c1ccc(-c2ccc(F)cc2)c(C(F)(F)F)[nH]1. The number of alkyl halides is 3. The van der Waals surface area contributed by atoms with E-state index < -0.39 is 23.2 Å². The van der Waals surface area contributed by atoms with Gasteiger partial charge in [0.25, 0.3) is 0 Å². The molecule has 6 heteroatoms. The highest BCUT2D eigenvalue weighted by atomic mass is 19.4. The van der Waals surface area contributed by atoms with Crippen molar-refractivity contribution in [2.24, 2.45) is 0 Å².